The molecule has 19 heavy (non-hydrogen) atoms. The molecule has 0 saturated carbocycles. The molecule has 2 unspecified atom stereocenters. The summed E-state index contributed by atoms with van der Waals surface area (Å²) in [5.41, 5.74) is 7.20. The molecule has 0 aliphatic carbocycles. The number of rotatable bonds is 5. The van der Waals surface area contributed by atoms with E-state index in [9.17, 15) is 0 Å². The molecule has 0 saturated heterocycles. The van der Waals surface area contributed by atoms with E-state index >= 15 is 0 Å². The number of nitrogens with zero attached hydrogens (tertiary/aromatic N) is 2. The smallest absolute Gasteiger partial charge is 0.277 e. The Morgan fingerprint density at radius 2 is 2.11 bits per heavy atom. The van der Waals surface area contributed by atoms with Crippen LogP contribution in [0.1, 0.15) is 30.0 Å². The second kappa shape index (κ2) is 6.41. The number of hydrogen-bond acceptors (Lipinski definition) is 5. The first-order valence-electron chi connectivity index (χ1n) is 6.08. The van der Waals surface area contributed by atoms with Crippen LogP contribution in [0.4, 0.5) is 0 Å². The van der Waals surface area contributed by atoms with Crippen LogP contribution in [0.15, 0.2) is 33.9 Å². The zero-order valence-electron chi connectivity index (χ0n) is 10.8. The van der Waals surface area contributed by atoms with Crippen LogP contribution in [0.3, 0.4) is 0 Å². The summed E-state index contributed by atoms with van der Waals surface area (Å²) in [5.74, 6) is 0.547. The largest absolute Gasteiger partial charge is 0.416 e. The van der Waals surface area contributed by atoms with Gasteiger partial charge in [-0.3, -0.25) is 0 Å². The van der Waals surface area contributed by atoms with Gasteiger partial charge in [-0.25, -0.2) is 0 Å². The third kappa shape index (κ3) is 3.49. The zero-order valence-corrected chi connectivity index (χ0v) is 12.4. The summed E-state index contributed by atoms with van der Waals surface area (Å²) in [6.45, 7) is 3.81. The average molecular weight is 298 g/mol. The molecular weight excluding hydrogens is 282 g/mol. The van der Waals surface area contributed by atoms with E-state index in [2.05, 4.69) is 10.2 Å². The van der Waals surface area contributed by atoms with Crippen LogP contribution >= 0.6 is 23.4 Å². The third-order valence-corrected chi connectivity index (χ3v) is 4.38. The Kier molecular flexibility index (Phi) is 4.85. The second-order valence-electron chi connectivity index (χ2n) is 4.22. The molecule has 2 rings (SSSR count). The molecular formula is C13H16ClN3OS. The molecule has 6 heteroatoms. The molecule has 2 aromatic rings. The summed E-state index contributed by atoms with van der Waals surface area (Å²) in [5, 5.41) is 9.06. The van der Waals surface area contributed by atoms with Crippen molar-refractivity contribution in [1.29, 1.82) is 0 Å². The van der Waals surface area contributed by atoms with E-state index in [1.165, 1.54) is 11.8 Å². The van der Waals surface area contributed by atoms with Gasteiger partial charge >= 0.3 is 0 Å². The summed E-state index contributed by atoms with van der Waals surface area (Å²) >= 11 is 7.72. The van der Waals surface area contributed by atoms with Gasteiger partial charge in [0, 0.05) is 18.0 Å². The lowest BCUT2D eigenvalue weighted by Gasteiger charge is -2.22. The highest BCUT2D eigenvalue weighted by Gasteiger charge is 2.24. The monoisotopic (exact) mass is 297 g/mol. The number of nitrogens with two attached hydrogens (primary N) is 1. The molecule has 4 nitrogen and oxygen atoms in total. The van der Waals surface area contributed by atoms with E-state index in [1.54, 1.807) is 6.92 Å². The molecule has 0 bridgehead atoms. The van der Waals surface area contributed by atoms with Gasteiger partial charge in [0.15, 0.2) is 0 Å². The highest BCUT2D eigenvalue weighted by atomic mass is 35.5. The average Bonchev–Trinajstić information content (AvgIpc) is 2.82. The minimum atomic E-state index is -0.0305. The molecule has 2 N–H and O–H groups in total. The lowest BCUT2D eigenvalue weighted by atomic mass is 10.0. The van der Waals surface area contributed by atoms with Crippen LogP contribution < -0.4 is 5.73 Å². The fraction of sp³-hybridized carbons (Fsp3) is 0.385. The Balaban J connectivity index is 2.29. The Bertz CT molecular complexity index is 546. The summed E-state index contributed by atoms with van der Waals surface area (Å²) in [4.78, 5) is 0. The van der Waals surface area contributed by atoms with Gasteiger partial charge in [0.2, 0.25) is 5.89 Å². The highest BCUT2D eigenvalue weighted by molar-refractivity contribution is 7.99. The summed E-state index contributed by atoms with van der Waals surface area (Å²) < 4.78 is 5.41. The van der Waals surface area contributed by atoms with E-state index in [0.29, 0.717) is 16.1 Å². The number of aromatic nitrogens is 2. The minimum absolute atomic E-state index is 0.00134. The molecule has 0 aliphatic rings. The predicted molar refractivity (Wildman–Crippen MR) is 77.4 cm³/mol. The normalized spacial score (nSPS) is 14.3. The zero-order chi connectivity index (χ0) is 13.8. The topological polar surface area (TPSA) is 64.9 Å². The van der Waals surface area contributed by atoms with Gasteiger partial charge in [-0.2, -0.15) is 0 Å². The van der Waals surface area contributed by atoms with Crippen molar-refractivity contribution >= 4 is 23.4 Å². The molecule has 0 spiro atoms. The van der Waals surface area contributed by atoms with Crippen molar-refractivity contribution in [3.05, 3.63) is 40.7 Å². The van der Waals surface area contributed by atoms with Crippen molar-refractivity contribution in [2.75, 3.05) is 0 Å². The summed E-state index contributed by atoms with van der Waals surface area (Å²) in [6, 6.07) is 7.68. The SMILES string of the molecule is CCC(N)C(Sc1nnc(C)o1)c1ccccc1Cl. The quantitative estimate of drug-likeness (QED) is 0.854. The van der Waals surface area contributed by atoms with Gasteiger partial charge in [0.1, 0.15) is 0 Å². The lowest BCUT2D eigenvalue weighted by Crippen LogP contribution is -2.25. The molecule has 0 amide bonds. The van der Waals surface area contributed by atoms with Crippen molar-refractivity contribution in [3.63, 3.8) is 0 Å². The van der Waals surface area contributed by atoms with E-state index in [4.69, 9.17) is 21.8 Å². The molecule has 0 aliphatic heterocycles. The Labute approximate surface area is 121 Å². The lowest BCUT2D eigenvalue weighted by molar-refractivity contribution is 0.427. The van der Waals surface area contributed by atoms with Crippen molar-refractivity contribution < 1.29 is 4.42 Å². The number of aryl methyl sites for hydroxylation is 1. The Hall–Kier alpha value is -1.04. The number of thioether (sulfide) groups is 1. The van der Waals surface area contributed by atoms with Crippen molar-refractivity contribution in [2.24, 2.45) is 5.73 Å². The van der Waals surface area contributed by atoms with Gasteiger partial charge in [-0.1, -0.05) is 48.5 Å². The molecule has 0 radical (unpaired) electrons. The second-order valence-corrected chi connectivity index (χ2v) is 5.72. The minimum Gasteiger partial charge on any atom is -0.416 e. The third-order valence-electron chi connectivity index (χ3n) is 2.81. The summed E-state index contributed by atoms with van der Waals surface area (Å²) in [6.07, 6.45) is 0.843. The van der Waals surface area contributed by atoms with Gasteiger partial charge in [0.05, 0.1) is 5.25 Å². The summed E-state index contributed by atoms with van der Waals surface area (Å²) in [7, 11) is 0. The first-order chi connectivity index (χ1) is 9.11. The first-order valence-corrected chi connectivity index (χ1v) is 7.34. The van der Waals surface area contributed by atoms with Gasteiger partial charge in [-0.15, -0.1) is 10.2 Å². The molecule has 1 heterocycles. The van der Waals surface area contributed by atoms with Crippen molar-refractivity contribution in [1.82, 2.24) is 10.2 Å². The van der Waals surface area contributed by atoms with Crippen LogP contribution in [-0.4, -0.2) is 16.2 Å². The van der Waals surface area contributed by atoms with Gasteiger partial charge in [-0.05, 0) is 18.1 Å². The van der Waals surface area contributed by atoms with Crippen LogP contribution in [0, 0.1) is 6.92 Å². The van der Waals surface area contributed by atoms with Crippen LogP contribution in [0.5, 0.6) is 0 Å². The van der Waals surface area contributed by atoms with Crippen LogP contribution in [0.25, 0.3) is 0 Å². The van der Waals surface area contributed by atoms with E-state index in [-0.39, 0.29) is 11.3 Å². The Morgan fingerprint density at radius 1 is 1.37 bits per heavy atom. The van der Waals surface area contributed by atoms with Crippen molar-refractivity contribution in [3.8, 4) is 0 Å². The van der Waals surface area contributed by atoms with Crippen LogP contribution in [0.2, 0.25) is 5.02 Å². The van der Waals surface area contributed by atoms with Gasteiger partial charge < -0.3 is 10.2 Å². The van der Waals surface area contributed by atoms with E-state index < -0.39 is 0 Å². The van der Waals surface area contributed by atoms with E-state index in [0.717, 1.165) is 12.0 Å². The fourth-order valence-electron chi connectivity index (χ4n) is 1.74. The fourth-order valence-corrected chi connectivity index (χ4v) is 3.23. The van der Waals surface area contributed by atoms with Crippen molar-refractivity contribution in [2.45, 2.75) is 36.8 Å². The standard InChI is InChI=1S/C13H16ClN3OS/c1-3-11(15)12(9-6-4-5-7-10(9)14)19-13-17-16-8(2)18-13/h4-7,11-12H,3,15H2,1-2H3. The molecule has 102 valence electrons. The molecule has 1 aromatic heterocycles. The maximum atomic E-state index is 6.26. The molecule has 1 aromatic carbocycles. The number of halogens is 1. The number of benzene rings is 1. The Morgan fingerprint density at radius 3 is 2.68 bits per heavy atom. The first kappa shape index (κ1) is 14.4. The maximum absolute atomic E-state index is 6.26. The number of hydrogen-bond donors (Lipinski definition) is 1. The van der Waals surface area contributed by atoms with Crippen LogP contribution in [-0.2, 0) is 0 Å². The molecule has 0 fully saturated rings. The van der Waals surface area contributed by atoms with E-state index in [1.807, 2.05) is 31.2 Å². The molecule has 2 atom stereocenters. The van der Waals surface area contributed by atoms with Gasteiger partial charge in [0.25, 0.3) is 5.22 Å². The maximum Gasteiger partial charge on any atom is 0.277 e. The predicted octanol–water partition coefficient (Wildman–Crippen LogP) is 3.60. The highest BCUT2D eigenvalue weighted by Crippen LogP contribution is 2.40.